The predicted molar refractivity (Wildman–Crippen MR) is 139 cm³/mol. The maximum Gasteiger partial charge on any atom is 0.433 e. The van der Waals surface area contributed by atoms with Crippen molar-refractivity contribution < 1.29 is 14.7 Å². The van der Waals surface area contributed by atoms with Gasteiger partial charge in [-0.25, -0.2) is 4.79 Å². The van der Waals surface area contributed by atoms with Crippen LogP contribution in [0.25, 0.3) is 0 Å². The van der Waals surface area contributed by atoms with Crippen molar-refractivity contribution in [3.05, 3.63) is 11.6 Å². The van der Waals surface area contributed by atoms with Crippen LogP contribution >= 0.6 is 0 Å². The highest BCUT2D eigenvalue weighted by molar-refractivity contribution is 5.85. The average molecular weight is 486 g/mol. The van der Waals surface area contributed by atoms with Gasteiger partial charge in [0, 0.05) is 18.5 Å². The van der Waals surface area contributed by atoms with Gasteiger partial charge in [0.05, 0.1) is 11.8 Å². The van der Waals surface area contributed by atoms with E-state index in [9.17, 15) is 9.90 Å². The molecule has 3 N–H and O–H groups in total. The van der Waals surface area contributed by atoms with Gasteiger partial charge in [-0.1, -0.05) is 44.5 Å². The van der Waals surface area contributed by atoms with Crippen molar-refractivity contribution in [1.82, 2.24) is 10.6 Å². The topological polar surface area (TPSA) is 83.0 Å². The summed E-state index contributed by atoms with van der Waals surface area (Å²) in [5.74, 6) is 2.59. The summed E-state index contributed by atoms with van der Waals surface area (Å²) in [6, 6.07) is 0.268. The first-order valence-electron chi connectivity index (χ1n) is 14.2. The van der Waals surface area contributed by atoms with Crippen LogP contribution < -0.4 is 10.6 Å². The number of nitrogens with one attached hydrogen (secondary N) is 2. The van der Waals surface area contributed by atoms with Gasteiger partial charge in [-0.3, -0.25) is 4.84 Å². The van der Waals surface area contributed by atoms with Gasteiger partial charge in [0.2, 0.25) is 0 Å². The number of hydrogen-bond acceptors (Lipinski definition) is 5. The van der Waals surface area contributed by atoms with Gasteiger partial charge in [-0.15, -0.1) is 0 Å². The summed E-state index contributed by atoms with van der Waals surface area (Å²) in [6.45, 7) is 13.1. The number of aliphatic hydroxyl groups excluding tert-OH is 1. The van der Waals surface area contributed by atoms with Gasteiger partial charge < -0.3 is 15.7 Å². The van der Waals surface area contributed by atoms with E-state index in [2.05, 4.69) is 56.5 Å². The Balaban J connectivity index is 1.22. The van der Waals surface area contributed by atoms with Gasteiger partial charge in [0.1, 0.15) is 0 Å². The molecule has 0 aromatic carbocycles. The molecule has 0 bridgehead atoms. The normalized spacial score (nSPS) is 44.6. The molecule has 1 saturated heterocycles. The molecule has 196 valence electrons. The zero-order valence-corrected chi connectivity index (χ0v) is 22.5. The molecule has 6 nitrogen and oxygen atoms in total. The maximum absolute atomic E-state index is 12.4. The van der Waals surface area contributed by atoms with Gasteiger partial charge in [-0.05, 0) is 105 Å². The first-order valence-corrected chi connectivity index (χ1v) is 14.2. The third-order valence-electron chi connectivity index (χ3n) is 11.4. The van der Waals surface area contributed by atoms with Crippen LogP contribution in [0.1, 0.15) is 92.4 Å². The summed E-state index contributed by atoms with van der Waals surface area (Å²) in [6.07, 6.45) is 11.9. The SMILES string of the molecule is C/C(=N\OC(=O)NCC1NCCC1(C)C)[C@H]1CC[C@H]2[C@@H]3CCC4=C[C@@H](O)CC[C@]4(C)[C@H]3CC[C@]12C. The van der Waals surface area contributed by atoms with Crippen molar-refractivity contribution in [3.8, 4) is 0 Å². The summed E-state index contributed by atoms with van der Waals surface area (Å²) in [4.78, 5) is 17.7. The standard InChI is InChI=1S/C29H47N3O3/c1-18(32-35-26(34)31-17-25-27(2,3)14-15-30-25)22-8-9-23-21-7-6-19-16-20(33)10-12-28(19,4)24(21)11-13-29(22,23)5/h16,20-25,30,33H,6-15,17H2,1-5H3,(H,31,34)/b32-18+/t20-,21-,22+,23-,24-,25?,28-,29+/m0/s1. The lowest BCUT2D eigenvalue weighted by atomic mass is 9.46. The number of aliphatic hydroxyl groups is 1. The lowest BCUT2D eigenvalue weighted by Crippen LogP contribution is -2.51. The second-order valence-electron chi connectivity index (χ2n) is 13.5. The Morgan fingerprint density at radius 1 is 1.11 bits per heavy atom. The van der Waals surface area contributed by atoms with E-state index in [4.69, 9.17) is 4.84 Å². The van der Waals surface area contributed by atoms with E-state index in [0.717, 1.165) is 56.2 Å². The van der Waals surface area contributed by atoms with E-state index in [1.54, 1.807) is 0 Å². The van der Waals surface area contributed by atoms with Crippen LogP contribution in [-0.2, 0) is 4.84 Å². The van der Waals surface area contributed by atoms with Gasteiger partial charge in [0.25, 0.3) is 0 Å². The summed E-state index contributed by atoms with van der Waals surface area (Å²) in [5.41, 5.74) is 3.20. The van der Waals surface area contributed by atoms with Crippen LogP contribution in [0, 0.1) is 39.9 Å². The number of carbonyl (C=O) groups excluding carboxylic acids is 1. The monoisotopic (exact) mass is 485 g/mol. The van der Waals surface area contributed by atoms with Crippen molar-refractivity contribution in [1.29, 1.82) is 0 Å². The third-order valence-corrected chi connectivity index (χ3v) is 11.4. The molecule has 0 aromatic rings. The van der Waals surface area contributed by atoms with Crippen molar-refractivity contribution in [2.24, 2.45) is 45.1 Å². The van der Waals surface area contributed by atoms with Crippen molar-refractivity contribution >= 4 is 11.8 Å². The molecule has 6 heteroatoms. The summed E-state index contributed by atoms with van der Waals surface area (Å²) in [7, 11) is 0. The van der Waals surface area contributed by atoms with E-state index in [-0.39, 0.29) is 28.4 Å². The van der Waals surface area contributed by atoms with E-state index in [1.807, 2.05) is 0 Å². The highest BCUT2D eigenvalue weighted by atomic mass is 16.7. The van der Waals surface area contributed by atoms with Crippen molar-refractivity contribution in [2.45, 2.75) is 105 Å². The fourth-order valence-corrected chi connectivity index (χ4v) is 9.16. The van der Waals surface area contributed by atoms with Crippen LogP contribution in [0.2, 0.25) is 0 Å². The van der Waals surface area contributed by atoms with E-state index < -0.39 is 6.09 Å². The minimum absolute atomic E-state index is 0.183. The summed E-state index contributed by atoms with van der Waals surface area (Å²) in [5, 5.41) is 21.0. The third kappa shape index (κ3) is 4.37. The number of nitrogens with zero attached hydrogens (tertiary/aromatic N) is 1. The Morgan fingerprint density at radius 2 is 1.91 bits per heavy atom. The molecule has 4 fully saturated rings. The highest BCUT2D eigenvalue weighted by Crippen LogP contribution is 2.66. The van der Waals surface area contributed by atoms with Crippen molar-refractivity contribution in [3.63, 3.8) is 0 Å². The molecule has 5 rings (SSSR count). The fraction of sp³-hybridized carbons (Fsp3) is 0.862. The number of amides is 1. The largest absolute Gasteiger partial charge is 0.433 e. The van der Waals surface area contributed by atoms with E-state index >= 15 is 0 Å². The molecule has 0 spiro atoms. The van der Waals surface area contributed by atoms with E-state index in [1.165, 1.54) is 31.3 Å². The number of allylic oxidation sites excluding steroid dienone is 1. The lowest BCUT2D eigenvalue weighted by Gasteiger charge is -2.58. The van der Waals surface area contributed by atoms with Crippen molar-refractivity contribution in [2.75, 3.05) is 13.1 Å². The highest BCUT2D eigenvalue weighted by Gasteiger charge is 2.59. The first kappa shape index (κ1) is 25.3. The molecule has 5 aliphatic rings. The lowest BCUT2D eigenvalue weighted by molar-refractivity contribution is -0.0479. The van der Waals surface area contributed by atoms with Gasteiger partial charge in [0.15, 0.2) is 0 Å². The Bertz CT molecular complexity index is 898. The number of oxime groups is 1. The Hall–Kier alpha value is -1.40. The fourth-order valence-electron chi connectivity index (χ4n) is 9.16. The molecule has 0 aromatic heterocycles. The number of carbonyl (C=O) groups is 1. The second kappa shape index (κ2) is 9.16. The molecule has 0 radical (unpaired) electrons. The zero-order valence-electron chi connectivity index (χ0n) is 22.5. The first-order chi connectivity index (χ1) is 16.5. The Labute approximate surface area is 211 Å². The minimum Gasteiger partial charge on any atom is -0.389 e. The smallest absolute Gasteiger partial charge is 0.389 e. The molecule has 1 heterocycles. The molecule has 3 saturated carbocycles. The molecule has 8 atom stereocenters. The molecule has 4 aliphatic carbocycles. The number of rotatable bonds is 4. The molecule has 35 heavy (non-hydrogen) atoms. The van der Waals surface area contributed by atoms with E-state index in [0.29, 0.717) is 18.4 Å². The molecule has 1 amide bonds. The van der Waals surface area contributed by atoms with Crippen LogP contribution in [0.3, 0.4) is 0 Å². The van der Waals surface area contributed by atoms with Crippen LogP contribution in [0.4, 0.5) is 4.79 Å². The Morgan fingerprint density at radius 3 is 2.66 bits per heavy atom. The minimum atomic E-state index is -0.448. The quantitative estimate of drug-likeness (QED) is 0.215. The second-order valence-corrected chi connectivity index (χ2v) is 13.5. The predicted octanol–water partition coefficient (Wildman–Crippen LogP) is 5.42. The van der Waals surface area contributed by atoms with Crippen LogP contribution in [0.15, 0.2) is 16.8 Å². The number of hydrogen-bond donors (Lipinski definition) is 3. The Kier molecular flexibility index (Phi) is 6.61. The average Bonchev–Trinajstić information content (AvgIpc) is 3.34. The van der Waals surface area contributed by atoms with Crippen LogP contribution in [-0.4, -0.2) is 42.1 Å². The summed E-state index contributed by atoms with van der Waals surface area (Å²) < 4.78 is 0. The molecular weight excluding hydrogens is 438 g/mol. The molecule has 1 unspecified atom stereocenters. The maximum atomic E-state index is 12.4. The van der Waals surface area contributed by atoms with Crippen LogP contribution in [0.5, 0.6) is 0 Å². The van der Waals surface area contributed by atoms with Gasteiger partial charge >= 0.3 is 6.09 Å². The summed E-state index contributed by atoms with van der Waals surface area (Å²) >= 11 is 0. The molecule has 1 aliphatic heterocycles. The zero-order chi connectivity index (χ0) is 25.0. The van der Waals surface area contributed by atoms with Gasteiger partial charge in [-0.2, -0.15) is 0 Å². The number of fused-ring (bicyclic) bond motifs is 5. The molecular formula is C29H47N3O3.